The number of nitriles is 1. The first-order chi connectivity index (χ1) is 11.9. The normalized spacial score (nSPS) is 28.5. The minimum absolute atomic E-state index is 0.0113. The van der Waals surface area contributed by atoms with E-state index in [1.807, 2.05) is 13.8 Å². The molecule has 5 rings (SSSR count). The van der Waals surface area contributed by atoms with Crippen molar-refractivity contribution in [1.29, 1.82) is 5.26 Å². The molecule has 3 aliphatic rings. The zero-order valence-corrected chi connectivity index (χ0v) is 14.1. The minimum atomic E-state index is -0.580. The predicted molar refractivity (Wildman–Crippen MR) is 88.0 cm³/mol. The van der Waals surface area contributed by atoms with Crippen LogP contribution in [0.2, 0.25) is 0 Å². The van der Waals surface area contributed by atoms with E-state index >= 15 is 0 Å². The van der Waals surface area contributed by atoms with Crippen molar-refractivity contribution in [3.63, 3.8) is 0 Å². The molecule has 6 nitrogen and oxygen atoms in total. The van der Waals surface area contributed by atoms with Crippen molar-refractivity contribution >= 4 is 0 Å². The quantitative estimate of drug-likeness (QED) is 0.835. The van der Waals surface area contributed by atoms with Crippen molar-refractivity contribution in [2.24, 2.45) is 0 Å². The summed E-state index contributed by atoms with van der Waals surface area (Å²) in [6.07, 6.45) is 2.25. The molecule has 128 valence electrons. The average molecular weight is 338 g/mol. The Morgan fingerprint density at radius 1 is 1.12 bits per heavy atom. The van der Waals surface area contributed by atoms with E-state index < -0.39 is 11.2 Å². The van der Waals surface area contributed by atoms with Crippen molar-refractivity contribution < 1.29 is 19.7 Å². The van der Waals surface area contributed by atoms with Crippen LogP contribution in [0.25, 0.3) is 5.69 Å². The van der Waals surface area contributed by atoms with Crippen LogP contribution in [-0.4, -0.2) is 21.4 Å². The Labute approximate surface area is 144 Å². The highest BCUT2D eigenvalue weighted by atomic mass is 16.5. The van der Waals surface area contributed by atoms with Gasteiger partial charge in [-0.3, -0.25) is 4.57 Å². The third kappa shape index (κ3) is 1.57. The zero-order chi connectivity index (χ0) is 17.6. The third-order valence-corrected chi connectivity index (χ3v) is 5.90. The van der Waals surface area contributed by atoms with Gasteiger partial charge < -0.3 is 19.7 Å². The van der Waals surface area contributed by atoms with Gasteiger partial charge in [0.05, 0.1) is 40.2 Å². The number of rotatable bonds is 1. The van der Waals surface area contributed by atoms with Gasteiger partial charge in [0.15, 0.2) is 0 Å². The summed E-state index contributed by atoms with van der Waals surface area (Å²) in [6.45, 7) is 4.40. The van der Waals surface area contributed by atoms with E-state index in [1.54, 1.807) is 12.1 Å². The molecular weight excluding hydrogens is 320 g/mol. The van der Waals surface area contributed by atoms with E-state index in [-0.39, 0.29) is 11.8 Å². The van der Waals surface area contributed by atoms with E-state index in [9.17, 15) is 15.5 Å². The van der Waals surface area contributed by atoms with Crippen LogP contribution in [-0.2, 0) is 22.4 Å². The molecule has 2 aromatic rings. The number of fused-ring (bicyclic) bond motifs is 6. The Morgan fingerprint density at radius 2 is 1.76 bits per heavy atom. The zero-order valence-electron chi connectivity index (χ0n) is 14.1. The maximum Gasteiger partial charge on any atom is 0.205 e. The van der Waals surface area contributed by atoms with Crippen LogP contribution in [0.4, 0.5) is 0 Å². The molecule has 2 N–H and O–H groups in total. The van der Waals surface area contributed by atoms with Crippen molar-refractivity contribution in [2.45, 2.75) is 44.3 Å². The van der Waals surface area contributed by atoms with Gasteiger partial charge >= 0.3 is 0 Å². The fourth-order valence-corrected chi connectivity index (χ4v) is 4.78. The van der Waals surface area contributed by atoms with Crippen molar-refractivity contribution in [1.82, 2.24) is 4.57 Å². The highest BCUT2D eigenvalue weighted by Gasteiger charge is 2.59. The fraction of sp³-hybridized carbons (Fsp3) is 0.421. The summed E-state index contributed by atoms with van der Waals surface area (Å²) in [5, 5.41) is 31.2. The fourth-order valence-electron chi connectivity index (χ4n) is 4.78. The minimum Gasteiger partial charge on any atom is -0.494 e. The van der Waals surface area contributed by atoms with Gasteiger partial charge in [-0.1, -0.05) is 0 Å². The summed E-state index contributed by atoms with van der Waals surface area (Å²) in [5.74, 6) is 0.568. The molecule has 3 aliphatic heterocycles. The molecule has 0 radical (unpaired) electrons. The summed E-state index contributed by atoms with van der Waals surface area (Å²) in [4.78, 5) is 0. The summed E-state index contributed by atoms with van der Waals surface area (Å²) >= 11 is 0. The number of aromatic hydroxyl groups is 2. The lowest BCUT2D eigenvalue weighted by molar-refractivity contribution is -0.0683. The second-order valence-electron chi connectivity index (χ2n) is 7.45. The van der Waals surface area contributed by atoms with Gasteiger partial charge in [0.1, 0.15) is 11.8 Å². The topological polar surface area (TPSA) is 87.6 Å². The molecule has 0 aliphatic carbocycles. The number of ether oxygens (including phenoxy) is 2. The standard InChI is InChI=1S/C19H18N2O4/c1-18-6-7-19(2,25-18)14-13(18)16(22)21(17(14)23)12-4-3-10(9-20)15-11(12)5-8-24-15/h3-4,22-23H,5-8H2,1-2H3/t18-,19+. The third-order valence-electron chi connectivity index (χ3n) is 5.90. The van der Waals surface area contributed by atoms with Crippen LogP contribution in [0.15, 0.2) is 12.1 Å². The predicted octanol–water partition coefficient (Wildman–Crippen LogP) is 2.95. The van der Waals surface area contributed by atoms with E-state index in [4.69, 9.17) is 9.47 Å². The van der Waals surface area contributed by atoms with E-state index in [1.165, 1.54) is 4.57 Å². The number of benzene rings is 1. The monoisotopic (exact) mass is 338 g/mol. The average Bonchev–Trinajstić information content (AvgIpc) is 3.28. The molecule has 25 heavy (non-hydrogen) atoms. The van der Waals surface area contributed by atoms with Crippen LogP contribution in [0.5, 0.6) is 17.5 Å². The van der Waals surface area contributed by atoms with Crippen LogP contribution >= 0.6 is 0 Å². The van der Waals surface area contributed by atoms with Gasteiger partial charge in [0.25, 0.3) is 0 Å². The SMILES string of the molecule is C[C@]12CC[C@](C)(O1)c1c2c(O)n(-c2ccc(C#N)c3c2CCO3)c1O. The van der Waals surface area contributed by atoms with Gasteiger partial charge in [0, 0.05) is 12.0 Å². The molecule has 6 heteroatoms. The van der Waals surface area contributed by atoms with Gasteiger partial charge in [-0.15, -0.1) is 0 Å². The molecular formula is C19H18N2O4. The molecule has 1 aromatic heterocycles. The number of nitrogens with zero attached hydrogens (tertiary/aromatic N) is 2. The summed E-state index contributed by atoms with van der Waals surface area (Å²) in [5.41, 5.74) is 2.15. The van der Waals surface area contributed by atoms with Crippen LogP contribution in [0.1, 0.15) is 48.9 Å². The second-order valence-corrected chi connectivity index (χ2v) is 7.45. The highest BCUT2D eigenvalue weighted by Crippen LogP contribution is 2.64. The Balaban J connectivity index is 1.80. The maximum absolute atomic E-state index is 11.0. The largest absolute Gasteiger partial charge is 0.494 e. The van der Waals surface area contributed by atoms with E-state index in [0.717, 1.165) is 18.4 Å². The maximum atomic E-state index is 11.0. The first-order valence-electron chi connectivity index (χ1n) is 8.46. The molecule has 0 spiro atoms. The lowest BCUT2D eigenvalue weighted by Gasteiger charge is -2.21. The smallest absolute Gasteiger partial charge is 0.205 e. The summed E-state index contributed by atoms with van der Waals surface area (Å²) in [6, 6.07) is 5.55. The van der Waals surface area contributed by atoms with E-state index in [2.05, 4.69) is 6.07 Å². The number of aromatic nitrogens is 1. The molecule has 2 bridgehead atoms. The van der Waals surface area contributed by atoms with Crippen molar-refractivity contribution in [3.05, 3.63) is 34.4 Å². The number of hydrogen-bond donors (Lipinski definition) is 2. The Hall–Kier alpha value is -2.65. The molecule has 0 amide bonds. The van der Waals surface area contributed by atoms with Gasteiger partial charge in [0.2, 0.25) is 11.8 Å². The van der Waals surface area contributed by atoms with E-state index in [0.29, 0.717) is 41.2 Å². The van der Waals surface area contributed by atoms with Gasteiger partial charge in [-0.25, -0.2) is 0 Å². The van der Waals surface area contributed by atoms with Crippen molar-refractivity contribution in [2.75, 3.05) is 6.61 Å². The molecule has 1 aromatic carbocycles. The molecule has 1 saturated heterocycles. The molecule has 4 heterocycles. The number of hydrogen-bond acceptors (Lipinski definition) is 5. The van der Waals surface area contributed by atoms with Crippen molar-refractivity contribution in [3.8, 4) is 29.3 Å². The Kier molecular flexibility index (Phi) is 2.52. The first-order valence-corrected chi connectivity index (χ1v) is 8.46. The van der Waals surface area contributed by atoms with Crippen LogP contribution in [0.3, 0.4) is 0 Å². The highest BCUT2D eigenvalue weighted by molar-refractivity contribution is 5.66. The Bertz CT molecular complexity index is 947. The molecule has 0 saturated carbocycles. The lowest BCUT2D eigenvalue weighted by atomic mass is 9.80. The van der Waals surface area contributed by atoms with Gasteiger partial charge in [-0.05, 0) is 38.8 Å². The summed E-state index contributed by atoms with van der Waals surface area (Å²) < 4.78 is 13.2. The lowest BCUT2D eigenvalue weighted by Crippen LogP contribution is -2.17. The van der Waals surface area contributed by atoms with Crippen LogP contribution < -0.4 is 4.74 Å². The second kappa shape index (κ2) is 4.30. The molecule has 1 fully saturated rings. The summed E-state index contributed by atoms with van der Waals surface area (Å²) in [7, 11) is 0. The van der Waals surface area contributed by atoms with Gasteiger partial charge in [-0.2, -0.15) is 5.26 Å². The molecule has 2 atom stereocenters. The first kappa shape index (κ1) is 14.7. The Morgan fingerprint density at radius 3 is 2.36 bits per heavy atom. The van der Waals surface area contributed by atoms with Crippen LogP contribution in [0, 0.1) is 11.3 Å². The molecule has 0 unspecified atom stereocenters.